The van der Waals surface area contributed by atoms with Gasteiger partial charge < -0.3 is 5.32 Å². The van der Waals surface area contributed by atoms with Crippen LogP contribution in [0.15, 0.2) is 40.9 Å². The number of anilines is 1. The van der Waals surface area contributed by atoms with E-state index in [9.17, 15) is 0 Å². The summed E-state index contributed by atoms with van der Waals surface area (Å²) in [5, 5.41) is 12.2. The second kappa shape index (κ2) is 5.65. The van der Waals surface area contributed by atoms with E-state index in [0.717, 1.165) is 15.7 Å². The summed E-state index contributed by atoms with van der Waals surface area (Å²) in [7, 11) is 0. The van der Waals surface area contributed by atoms with Crippen LogP contribution in [0.4, 0.5) is 5.82 Å². The van der Waals surface area contributed by atoms with E-state index in [2.05, 4.69) is 32.3 Å². The van der Waals surface area contributed by atoms with Crippen molar-refractivity contribution in [2.75, 3.05) is 5.32 Å². The number of nitrogens with one attached hydrogen (secondary N) is 1. The number of aromatic nitrogens is 1. The molecule has 0 atom stereocenters. The van der Waals surface area contributed by atoms with Crippen LogP contribution in [0.2, 0.25) is 0 Å². The van der Waals surface area contributed by atoms with Crippen LogP contribution in [0.3, 0.4) is 0 Å². The molecule has 0 spiro atoms. The van der Waals surface area contributed by atoms with E-state index in [0.29, 0.717) is 17.9 Å². The van der Waals surface area contributed by atoms with Crippen LogP contribution in [-0.4, -0.2) is 4.98 Å². The maximum atomic E-state index is 9.01. The van der Waals surface area contributed by atoms with Gasteiger partial charge in [0.15, 0.2) is 0 Å². The van der Waals surface area contributed by atoms with Crippen LogP contribution in [0, 0.1) is 18.3 Å². The molecule has 4 heteroatoms. The summed E-state index contributed by atoms with van der Waals surface area (Å²) in [4.78, 5) is 4.34. The van der Waals surface area contributed by atoms with Crippen molar-refractivity contribution in [3.63, 3.8) is 0 Å². The van der Waals surface area contributed by atoms with Gasteiger partial charge in [-0.1, -0.05) is 28.1 Å². The molecule has 0 aliphatic rings. The molecule has 1 heterocycles. The fourth-order valence-corrected chi connectivity index (χ4v) is 2.06. The van der Waals surface area contributed by atoms with Crippen molar-refractivity contribution in [3.8, 4) is 6.07 Å². The van der Waals surface area contributed by atoms with Gasteiger partial charge in [0.05, 0.1) is 5.56 Å². The van der Waals surface area contributed by atoms with Crippen LogP contribution in [0.1, 0.15) is 16.8 Å². The number of hydrogen-bond donors (Lipinski definition) is 1. The molecule has 3 nitrogen and oxygen atoms in total. The fraction of sp³-hybridized carbons (Fsp3) is 0.143. The van der Waals surface area contributed by atoms with Gasteiger partial charge in [-0.25, -0.2) is 4.98 Å². The summed E-state index contributed by atoms with van der Waals surface area (Å²) < 4.78 is 1.04. The number of halogens is 1. The normalized spacial score (nSPS) is 9.83. The van der Waals surface area contributed by atoms with Crippen molar-refractivity contribution in [2.45, 2.75) is 13.5 Å². The predicted molar refractivity (Wildman–Crippen MR) is 75.2 cm³/mol. The first-order valence-corrected chi connectivity index (χ1v) is 6.34. The smallest absolute Gasteiger partial charge is 0.144 e. The molecule has 0 saturated carbocycles. The van der Waals surface area contributed by atoms with Crippen molar-refractivity contribution in [1.29, 1.82) is 5.26 Å². The highest BCUT2D eigenvalue weighted by molar-refractivity contribution is 9.10. The zero-order chi connectivity index (χ0) is 13.0. The molecule has 18 heavy (non-hydrogen) atoms. The molecule has 0 aliphatic carbocycles. The summed E-state index contributed by atoms with van der Waals surface area (Å²) in [6.07, 6.45) is 0. The van der Waals surface area contributed by atoms with Gasteiger partial charge in [0.25, 0.3) is 0 Å². The monoisotopic (exact) mass is 301 g/mol. The Labute approximate surface area is 115 Å². The molecule has 2 aromatic rings. The first-order chi connectivity index (χ1) is 8.69. The second-order valence-electron chi connectivity index (χ2n) is 3.94. The summed E-state index contributed by atoms with van der Waals surface area (Å²) in [5.74, 6) is 0.637. The molecule has 0 bridgehead atoms. The zero-order valence-electron chi connectivity index (χ0n) is 9.94. The van der Waals surface area contributed by atoms with Crippen molar-refractivity contribution in [1.82, 2.24) is 4.98 Å². The largest absolute Gasteiger partial charge is 0.365 e. The minimum absolute atomic E-state index is 0.565. The lowest BCUT2D eigenvalue weighted by atomic mass is 10.2. The molecular weight excluding hydrogens is 290 g/mol. The molecular formula is C14H12BrN3. The quantitative estimate of drug-likeness (QED) is 0.941. The number of nitriles is 1. The Kier molecular flexibility index (Phi) is 3.96. The van der Waals surface area contributed by atoms with Gasteiger partial charge in [0, 0.05) is 16.7 Å². The highest BCUT2D eigenvalue weighted by atomic mass is 79.9. The Balaban J connectivity index is 2.15. The SMILES string of the molecule is Cc1ccc(C#N)c(NCc2cccc(Br)c2)n1. The number of hydrogen-bond acceptors (Lipinski definition) is 3. The Hall–Kier alpha value is -1.86. The molecule has 1 N–H and O–H groups in total. The average molecular weight is 302 g/mol. The number of aryl methyl sites for hydroxylation is 1. The van der Waals surface area contributed by atoms with Gasteiger partial charge in [0.1, 0.15) is 11.9 Å². The lowest BCUT2D eigenvalue weighted by molar-refractivity contribution is 1.08. The maximum absolute atomic E-state index is 9.01. The molecule has 0 radical (unpaired) electrons. The van der Waals surface area contributed by atoms with Crippen molar-refractivity contribution in [3.05, 3.63) is 57.7 Å². The van der Waals surface area contributed by atoms with E-state index in [-0.39, 0.29) is 0 Å². The van der Waals surface area contributed by atoms with E-state index < -0.39 is 0 Å². The summed E-state index contributed by atoms with van der Waals surface area (Å²) >= 11 is 3.43. The first-order valence-electron chi connectivity index (χ1n) is 5.55. The molecule has 2 rings (SSSR count). The first kappa shape index (κ1) is 12.6. The van der Waals surface area contributed by atoms with E-state index in [1.807, 2.05) is 37.3 Å². The Morgan fingerprint density at radius 2 is 2.17 bits per heavy atom. The number of rotatable bonds is 3. The summed E-state index contributed by atoms with van der Waals surface area (Å²) in [6.45, 7) is 2.55. The van der Waals surface area contributed by atoms with E-state index in [4.69, 9.17) is 5.26 Å². The van der Waals surface area contributed by atoms with E-state index in [1.165, 1.54) is 0 Å². The number of nitrogens with zero attached hydrogens (tertiary/aromatic N) is 2. The van der Waals surface area contributed by atoms with Gasteiger partial charge >= 0.3 is 0 Å². The fourth-order valence-electron chi connectivity index (χ4n) is 1.61. The van der Waals surface area contributed by atoms with Crippen molar-refractivity contribution < 1.29 is 0 Å². The molecule has 1 aromatic heterocycles. The van der Waals surface area contributed by atoms with Crippen LogP contribution >= 0.6 is 15.9 Å². The second-order valence-corrected chi connectivity index (χ2v) is 4.86. The lowest BCUT2D eigenvalue weighted by Gasteiger charge is -2.08. The van der Waals surface area contributed by atoms with E-state index >= 15 is 0 Å². The molecule has 0 unspecified atom stereocenters. The minimum Gasteiger partial charge on any atom is -0.365 e. The predicted octanol–water partition coefficient (Wildman–Crippen LogP) is 3.64. The number of pyridine rings is 1. The van der Waals surface area contributed by atoms with E-state index in [1.54, 1.807) is 6.07 Å². The summed E-state index contributed by atoms with van der Waals surface area (Å²) in [5.41, 5.74) is 2.60. The van der Waals surface area contributed by atoms with Crippen molar-refractivity contribution >= 4 is 21.7 Å². The van der Waals surface area contributed by atoms with Gasteiger partial charge in [0.2, 0.25) is 0 Å². The average Bonchev–Trinajstić information content (AvgIpc) is 2.37. The van der Waals surface area contributed by atoms with Crippen LogP contribution < -0.4 is 5.32 Å². The van der Waals surface area contributed by atoms with Gasteiger partial charge in [-0.3, -0.25) is 0 Å². The minimum atomic E-state index is 0.565. The Morgan fingerprint density at radius 3 is 2.89 bits per heavy atom. The molecule has 0 aliphatic heterocycles. The topological polar surface area (TPSA) is 48.7 Å². The third-order valence-electron chi connectivity index (χ3n) is 2.50. The molecule has 0 amide bonds. The lowest BCUT2D eigenvalue weighted by Crippen LogP contribution is -2.04. The third-order valence-corrected chi connectivity index (χ3v) is 3.00. The highest BCUT2D eigenvalue weighted by Crippen LogP contribution is 2.15. The Bertz CT molecular complexity index is 602. The molecule has 90 valence electrons. The highest BCUT2D eigenvalue weighted by Gasteiger charge is 2.03. The van der Waals surface area contributed by atoms with Gasteiger partial charge in [-0.15, -0.1) is 0 Å². The standard InChI is InChI=1S/C14H12BrN3/c1-10-5-6-12(8-16)14(18-10)17-9-11-3-2-4-13(15)7-11/h2-7H,9H2,1H3,(H,17,18). The van der Waals surface area contributed by atoms with Gasteiger partial charge in [-0.2, -0.15) is 5.26 Å². The molecule has 0 saturated heterocycles. The molecule has 0 fully saturated rings. The molecule has 1 aromatic carbocycles. The van der Waals surface area contributed by atoms with Gasteiger partial charge in [-0.05, 0) is 36.8 Å². The third kappa shape index (κ3) is 3.08. The number of benzene rings is 1. The van der Waals surface area contributed by atoms with Crippen LogP contribution in [0.5, 0.6) is 0 Å². The van der Waals surface area contributed by atoms with Crippen molar-refractivity contribution in [2.24, 2.45) is 0 Å². The zero-order valence-corrected chi connectivity index (χ0v) is 11.5. The van der Waals surface area contributed by atoms with Crippen LogP contribution in [0.25, 0.3) is 0 Å². The summed E-state index contributed by atoms with van der Waals surface area (Å²) in [6, 6.07) is 13.8. The maximum Gasteiger partial charge on any atom is 0.144 e. The Morgan fingerprint density at radius 1 is 1.33 bits per heavy atom. The van der Waals surface area contributed by atoms with Crippen LogP contribution in [-0.2, 0) is 6.54 Å².